The first kappa shape index (κ1) is 15.1. The van der Waals surface area contributed by atoms with Gasteiger partial charge in [-0.25, -0.2) is 4.68 Å². The maximum Gasteiger partial charge on any atom is 0.271 e. The number of aromatic nitrogens is 2. The van der Waals surface area contributed by atoms with E-state index in [2.05, 4.69) is 10.4 Å². The molecule has 0 aliphatic rings. The molecule has 1 amide bonds. The number of aliphatic hydroxyl groups is 1. The zero-order valence-electron chi connectivity index (χ0n) is 12.0. The molecule has 0 spiro atoms. The molecule has 0 aliphatic heterocycles. The number of amides is 1. The van der Waals surface area contributed by atoms with Crippen LogP contribution in [0, 0.1) is 5.92 Å². The molecule has 6 heteroatoms. The molecular formula is C15H20N4O2. The van der Waals surface area contributed by atoms with Gasteiger partial charge in [-0.2, -0.15) is 5.10 Å². The van der Waals surface area contributed by atoms with Gasteiger partial charge in [0, 0.05) is 25.0 Å². The van der Waals surface area contributed by atoms with Crippen molar-refractivity contribution in [2.75, 3.05) is 18.9 Å². The second-order valence-electron chi connectivity index (χ2n) is 5.07. The molecule has 1 aromatic carbocycles. The molecule has 1 unspecified atom stereocenters. The number of anilines is 1. The number of carbonyl (C=O) groups is 1. The van der Waals surface area contributed by atoms with E-state index in [4.69, 9.17) is 10.8 Å². The molecule has 1 atom stereocenters. The van der Waals surface area contributed by atoms with Gasteiger partial charge < -0.3 is 16.2 Å². The second kappa shape index (κ2) is 6.90. The fraction of sp³-hybridized carbons (Fsp3) is 0.333. The average Bonchev–Trinajstić information content (AvgIpc) is 2.95. The molecule has 0 saturated carbocycles. The lowest BCUT2D eigenvalue weighted by atomic mass is 10.1. The molecule has 0 radical (unpaired) electrons. The van der Waals surface area contributed by atoms with Crippen molar-refractivity contribution < 1.29 is 9.90 Å². The first-order valence-corrected chi connectivity index (χ1v) is 6.91. The SMILES string of the molecule is CC(CCO)CNC(=O)c1ccn(-c2cccc(N)c2)n1. The lowest BCUT2D eigenvalue weighted by Crippen LogP contribution is -2.29. The van der Waals surface area contributed by atoms with E-state index in [0.717, 1.165) is 5.69 Å². The summed E-state index contributed by atoms with van der Waals surface area (Å²) in [6, 6.07) is 8.95. The predicted octanol–water partition coefficient (Wildman–Crippen LogP) is 1.20. The van der Waals surface area contributed by atoms with Crippen molar-refractivity contribution in [2.45, 2.75) is 13.3 Å². The zero-order valence-corrected chi connectivity index (χ0v) is 12.0. The van der Waals surface area contributed by atoms with Crippen LogP contribution in [0.3, 0.4) is 0 Å². The number of benzene rings is 1. The molecule has 6 nitrogen and oxygen atoms in total. The Morgan fingerprint density at radius 2 is 2.29 bits per heavy atom. The first-order valence-electron chi connectivity index (χ1n) is 6.91. The summed E-state index contributed by atoms with van der Waals surface area (Å²) in [5.41, 5.74) is 7.54. The summed E-state index contributed by atoms with van der Waals surface area (Å²) in [4.78, 5) is 12.0. The highest BCUT2D eigenvalue weighted by atomic mass is 16.3. The van der Waals surface area contributed by atoms with Crippen LogP contribution in [0.2, 0.25) is 0 Å². The van der Waals surface area contributed by atoms with Gasteiger partial charge in [-0.1, -0.05) is 13.0 Å². The smallest absolute Gasteiger partial charge is 0.271 e. The molecule has 2 rings (SSSR count). The molecule has 0 bridgehead atoms. The Bertz CT molecular complexity index is 609. The predicted molar refractivity (Wildman–Crippen MR) is 81.2 cm³/mol. The minimum absolute atomic E-state index is 0.126. The number of nitrogens with two attached hydrogens (primary N) is 1. The monoisotopic (exact) mass is 288 g/mol. The first-order chi connectivity index (χ1) is 10.1. The summed E-state index contributed by atoms with van der Waals surface area (Å²) in [5.74, 6) is 0.0115. The van der Waals surface area contributed by atoms with Gasteiger partial charge in [-0.3, -0.25) is 4.79 Å². The molecule has 0 saturated heterocycles. The Kier molecular flexibility index (Phi) is 4.94. The van der Waals surface area contributed by atoms with Gasteiger partial charge in [0.2, 0.25) is 0 Å². The average molecular weight is 288 g/mol. The fourth-order valence-electron chi connectivity index (χ4n) is 1.94. The van der Waals surface area contributed by atoms with Crippen LogP contribution in [0.15, 0.2) is 36.5 Å². The molecule has 0 fully saturated rings. The van der Waals surface area contributed by atoms with E-state index in [0.29, 0.717) is 24.3 Å². The van der Waals surface area contributed by atoms with Crippen molar-refractivity contribution in [2.24, 2.45) is 5.92 Å². The highest BCUT2D eigenvalue weighted by molar-refractivity contribution is 5.92. The third kappa shape index (κ3) is 4.06. The van der Waals surface area contributed by atoms with Crippen LogP contribution in [0.25, 0.3) is 5.69 Å². The van der Waals surface area contributed by atoms with Gasteiger partial charge in [0.1, 0.15) is 0 Å². The van der Waals surface area contributed by atoms with E-state index in [9.17, 15) is 4.79 Å². The minimum Gasteiger partial charge on any atom is -0.399 e. The summed E-state index contributed by atoms with van der Waals surface area (Å²) in [6.07, 6.45) is 2.39. The maximum absolute atomic E-state index is 12.0. The molecule has 1 aromatic heterocycles. The van der Waals surface area contributed by atoms with Gasteiger partial charge in [-0.15, -0.1) is 0 Å². The van der Waals surface area contributed by atoms with Crippen LogP contribution in [0.4, 0.5) is 5.69 Å². The highest BCUT2D eigenvalue weighted by Crippen LogP contribution is 2.11. The Hall–Kier alpha value is -2.34. The Morgan fingerprint density at radius 1 is 1.48 bits per heavy atom. The number of rotatable bonds is 6. The second-order valence-corrected chi connectivity index (χ2v) is 5.07. The van der Waals surface area contributed by atoms with Crippen LogP contribution in [0.5, 0.6) is 0 Å². The minimum atomic E-state index is -0.220. The molecule has 2 aromatic rings. The van der Waals surface area contributed by atoms with Crippen molar-refractivity contribution in [3.05, 3.63) is 42.2 Å². The fourth-order valence-corrected chi connectivity index (χ4v) is 1.94. The lowest BCUT2D eigenvalue weighted by molar-refractivity contribution is 0.0940. The molecule has 4 N–H and O–H groups in total. The summed E-state index contributed by atoms with van der Waals surface area (Å²) in [7, 11) is 0. The normalized spacial score (nSPS) is 12.1. The summed E-state index contributed by atoms with van der Waals surface area (Å²) in [5, 5.41) is 15.9. The third-order valence-electron chi connectivity index (χ3n) is 3.19. The van der Waals surface area contributed by atoms with Crippen molar-refractivity contribution in [3.8, 4) is 5.69 Å². The lowest BCUT2D eigenvalue weighted by Gasteiger charge is -2.09. The zero-order chi connectivity index (χ0) is 15.2. The number of carbonyl (C=O) groups excluding carboxylic acids is 1. The van der Waals surface area contributed by atoms with Gasteiger partial charge in [0.25, 0.3) is 5.91 Å². The van der Waals surface area contributed by atoms with Crippen LogP contribution in [0.1, 0.15) is 23.8 Å². The van der Waals surface area contributed by atoms with Crippen molar-refractivity contribution >= 4 is 11.6 Å². The third-order valence-corrected chi connectivity index (χ3v) is 3.19. The number of hydrogen-bond acceptors (Lipinski definition) is 4. The van der Waals surface area contributed by atoms with Crippen molar-refractivity contribution in [1.82, 2.24) is 15.1 Å². The van der Waals surface area contributed by atoms with Crippen molar-refractivity contribution in [1.29, 1.82) is 0 Å². The summed E-state index contributed by atoms with van der Waals surface area (Å²) in [6.45, 7) is 2.62. The number of hydrogen-bond donors (Lipinski definition) is 3. The summed E-state index contributed by atoms with van der Waals surface area (Å²) < 4.78 is 1.61. The van der Waals surface area contributed by atoms with E-state index in [-0.39, 0.29) is 18.4 Å². The van der Waals surface area contributed by atoms with Crippen LogP contribution < -0.4 is 11.1 Å². The van der Waals surface area contributed by atoms with E-state index < -0.39 is 0 Å². The Balaban J connectivity index is 2.01. The van der Waals surface area contributed by atoms with E-state index in [1.165, 1.54) is 0 Å². The molecule has 112 valence electrons. The topological polar surface area (TPSA) is 93.2 Å². The van der Waals surface area contributed by atoms with Gasteiger partial charge in [0.15, 0.2) is 5.69 Å². The number of aliphatic hydroxyl groups excluding tert-OH is 1. The molecule has 1 heterocycles. The molecule has 0 aliphatic carbocycles. The van der Waals surface area contributed by atoms with Gasteiger partial charge in [-0.05, 0) is 36.6 Å². The van der Waals surface area contributed by atoms with Gasteiger partial charge in [0.05, 0.1) is 5.69 Å². The molecule has 21 heavy (non-hydrogen) atoms. The van der Waals surface area contributed by atoms with Crippen LogP contribution >= 0.6 is 0 Å². The van der Waals surface area contributed by atoms with Gasteiger partial charge >= 0.3 is 0 Å². The highest BCUT2D eigenvalue weighted by Gasteiger charge is 2.11. The largest absolute Gasteiger partial charge is 0.399 e. The van der Waals surface area contributed by atoms with Crippen molar-refractivity contribution in [3.63, 3.8) is 0 Å². The standard InChI is InChI=1S/C15H20N4O2/c1-11(6-8-20)10-17-15(21)14-5-7-19(18-14)13-4-2-3-12(16)9-13/h2-5,7,9,11,20H,6,8,10,16H2,1H3,(H,17,21). The summed E-state index contributed by atoms with van der Waals surface area (Å²) >= 11 is 0. The maximum atomic E-state index is 12.0. The Labute approximate surface area is 123 Å². The van der Waals surface area contributed by atoms with E-state index in [1.54, 1.807) is 29.1 Å². The van der Waals surface area contributed by atoms with Crippen LogP contribution in [-0.2, 0) is 0 Å². The van der Waals surface area contributed by atoms with E-state index >= 15 is 0 Å². The van der Waals surface area contributed by atoms with E-state index in [1.807, 2.05) is 19.1 Å². The molecular weight excluding hydrogens is 268 g/mol. The van der Waals surface area contributed by atoms with Crippen LogP contribution in [-0.4, -0.2) is 33.9 Å². The Morgan fingerprint density at radius 3 is 3.00 bits per heavy atom. The quantitative estimate of drug-likeness (QED) is 0.696. The number of nitrogens with zero attached hydrogens (tertiary/aromatic N) is 2. The number of nitrogens with one attached hydrogen (secondary N) is 1. The number of nitrogen functional groups attached to an aromatic ring is 1.